The monoisotopic (exact) mass is 429 g/mol. The van der Waals surface area contributed by atoms with Crippen molar-refractivity contribution in [3.63, 3.8) is 0 Å². The van der Waals surface area contributed by atoms with Crippen LogP contribution in [0, 0.1) is 11.3 Å². The molecule has 1 aromatic heterocycles. The lowest BCUT2D eigenvalue weighted by molar-refractivity contribution is 0.400. The second-order valence-electron chi connectivity index (χ2n) is 6.69. The van der Waals surface area contributed by atoms with Crippen LogP contribution in [0.3, 0.4) is 0 Å². The van der Waals surface area contributed by atoms with Crippen LogP contribution in [0.1, 0.15) is 11.1 Å². The highest BCUT2D eigenvalue weighted by molar-refractivity contribution is 7.98. The smallest absolute Gasteiger partial charge is 0.266 e. The van der Waals surface area contributed by atoms with Crippen LogP contribution in [0.5, 0.6) is 11.5 Å². The van der Waals surface area contributed by atoms with Gasteiger partial charge in [0.2, 0.25) is 0 Å². The molecule has 0 amide bonds. The molecule has 1 heterocycles. The van der Waals surface area contributed by atoms with Crippen molar-refractivity contribution in [2.75, 3.05) is 14.2 Å². The largest absolute Gasteiger partial charge is 0.497 e. The Hall–Kier alpha value is -3.76. The molecule has 7 heteroatoms. The normalized spacial score (nSPS) is 10.6. The maximum absolute atomic E-state index is 13.5. The Morgan fingerprint density at radius 1 is 1.03 bits per heavy atom. The highest BCUT2D eigenvalue weighted by Gasteiger charge is 2.17. The lowest BCUT2D eigenvalue weighted by Crippen LogP contribution is -2.22. The van der Waals surface area contributed by atoms with E-state index in [1.165, 1.54) is 11.8 Å². The third-order valence-corrected chi connectivity index (χ3v) is 5.81. The third-order valence-electron chi connectivity index (χ3n) is 4.80. The number of benzene rings is 3. The first kappa shape index (κ1) is 20.5. The second kappa shape index (κ2) is 8.94. The molecule has 0 fully saturated rings. The van der Waals surface area contributed by atoms with Gasteiger partial charge in [-0.3, -0.25) is 9.36 Å². The maximum Gasteiger partial charge on any atom is 0.266 e. The molecule has 0 saturated heterocycles. The summed E-state index contributed by atoms with van der Waals surface area (Å²) in [6.45, 7) is 0. The summed E-state index contributed by atoms with van der Waals surface area (Å²) in [6.07, 6.45) is 0. The summed E-state index contributed by atoms with van der Waals surface area (Å²) in [5, 5.41) is 10.2. The number of methoxy groups -OCH3 is 2. The minimum Gasteiger partial charge on any atom is -0.497 e. The van der Waals surface area contributed by atoms with Crippen LogP contribution < -0.4 is 15.0 Å². The van der Waals surface area contributed by atoms with E-state index in [0.717, 1.165) is 5.56 Å². The molecule has 31 heavy (non-hydrogen) atoms. The molecule has 4 aromatic rings. The summed E-state index contributed by atoms with van der Waals surface area (Å²) >= 11 is 1.42. The highest BCUT2D eigenvalue weighted by atomic mass is 32.2. The summed E-state index contributed by atoms with van der Waals surface area (Å²) in [6, 6.07) is 22.1. The van der Waals surface area contributed by atoms with E-state index in [1.54, 1.807) is 49.1 Å². The average molecular weight is 430 g/mol. The number of nitrogens with zero attached hydrogens (tertiary/aromatic N) is 3. The van der Waals surface area contributed by atoms with Gasteiger partial charge in [-0.25, -0.2) is 4.98 Å². The Morgan fingerprint density at radius 2 is 1.87 bits per heavy atom. The Bertz CT molecular complexity index is 1360. The quantitative estimate of drug-likeness (QED) is 0.330. The van der Waals surface area contributed by atoms with E-state index in [1.807, 2.05) is 36.4 Å². The number of aromatic nitrogens is 2. The number of hydrogen-bond acceptors (Lipinski definition) is 6. The molecule has 0 spiro atoms. The van der Waals surface area contributed by atoms with Gasteiger partial charge in [0.1, 0.15) is 11.5 Å². The summed E-state index contributed by atoms with van der Waals surface area (Å²) in [4.78, 5) is 18.3. The SMILES string of the molecule is COc1ccc(OC)c(-n2c(SCc3cccc(C#N)c3)nc3ccccc3c2=O)c1. The van der Waals surface area contributed by atoms with Crippen LogP contribution in [0.4, 0.5) is 0 Å². The fourth-order valence-corrected chi connectivity index (χ4v) is 4.22. The molecule has 0 unspecified atom stereocenters. The van der Waals surface area contributed by atoms with Gasteiger partial charge in [-0.2, -0.15) is 5.26 Å². The van der Waals surface area contributed by atoms with Crippen LogP contribution in [-0.2, 0) is 5.75 Å². The van der Waals surface area contributed by atoms with Crippen LogP contribution >= 0.6 is 11.8 Å². The van der Waals surface area contributed by atoms with E-state index in [9.17, 15) is 4.79 Å². The van der Waals surface area contributed by atoms with Gasteiger partial charge >= 0.3 is 0 Å². The molecule has 4 rings (SSSR count). The Labute approximate surface area is 183 Å². The first-order valence-electron chi connectivity index (χ1n) is 9.50. The first-order valence-corrected chi connectivity index (χ1v) is 10.5. The zero-order chi connectivity index (χ0) is 21.8. The first-order chi connectivity index (χ1) is 15.1. The van der Waals surface area contributed by atoms with Crippen LogP contribution in [0.2, 0.25) is 0 Å². The van der Waals surface area contributed by atoms with Gasteiger partial charge in [-0.1, -0.05) is 36.0 Å². The minimum atomic E-state index is -0.189. The number of para-hydroxylation sites is 1. The van der Waals surface area contributed by atoms with Crippen LogP contribution in [-0.4, -0.2) is 23.8 Å². The van der Waals surface area contributed by atoms with E-state index < -0.39 is 0 Å². The molecule has 0 saturated carbocycles. The Balaban J connectivity index is 1.88. The zero-order valence-electron chi connectivity index (χ0n) is 17.0. The summed E-state index contributed by atoms with van der Waals surface area (Å²) in [5.74, 6) is 1.69. The lowest BCUT2D eigenvalue weighted by Gasteiger charge is -2.16. The van der Waals surface area contributed by atoms with Crippen LogP contribution in [0.25, 0.3) is 16.6 Å². The standard InChI is InChI=1S/C24H19N3O3S/c1-29-18-10-11-22(30-2)21(13-18)27-23(28)19-8-3-4-9-20(19)26-24(27)31-15-17-7-5-6-16(12-17)14-25/h3-13H,15H2,1-2H3. The number of fused-ring (bicyclic) bond motifs is 1. The number of thioether (sulfide) groups is 1. The van der Waals surface area contributed by atoms with Gasteiger partial charge in [-0.05, 0) is 42.0 Å². The maximum atomic E-state index is 13.5. The van der Waals surface area contributed by atoms with E-state index in [-0.39, 0.29) is 5.56 Å². The lowest BCUT2D eigenvalue weighted by atomic mass is 10.2. The molecule has 0 aliphatic rings. The fraction of sp³-hybridized carbons (Fsp3) is 0.125. The molecule has 0 aliphatic heterocycles. The zero-order valence-corrected chi connectivity index (χ0v) is 17.8. The second-order valence-corrected chi connectivity index (χ2v) is 7.63. The number of ether oxygens (including phenoxy) is 2. The Kier molecular flexibility index (Phi) is 5.92. The molecule has 154 valence electrons. The molecular weight excluding hydrogens is 410 g/mol. The van der Waals surface area contributed by atoms with Crippen molar-refractivity contribution in [1.29, 1.82) is 5.26 Å². The molecular formula is C24H19N3O3S. The predicted octanol–water partition coefficient (Wildman–Crippen LogP) is 4.57. The van der Waals surface area contributed by atoms with Crippen molar-refractivity contribution in [3.8, 4) is 23.3 Å². The highest BCUT2D eigenvalue weighted by Crippen LogP contribution is 2.31. The van der Waals surface area contributed by atoms with Gasteiger partial charge in [0.15, 0.2) is 5.16 Å². The molecule has 0 radical (unpaired) electrons. The molecule has 0 aliphatic carbocycles. The summed E-state index contributed by atoms with van der Waals surface area (Å²) in [5.41, 5.74) is 2.55. The van der Waals surface area contributed by atoms with Gasteiger partial charge in [0, 0.05) is 11.8 Å². The predicted molar refractivity (Wildman–Crippen MR) is 121 cm³/mol. The molecule has 3 aromatic carbocycles. The van der Waals surface area contributed by atoms with Crippen molar-refractivity contribution >= 4 is 22.7 Å². The van der Waals surface area contributed by atoms with Crippen molar-refractivity contribution in [2.24, 2.45) is 0 Å². The van der Waals surface area contributed by atoms with Crippen molar-refractivity contribution in [3.05, 3.63) is 88.2 Å². The van der Waals surface area contributed by atoms with Crippen molar-refractivity contribution in [1.82, 2.24) is 9.55 Å². The number of nitriles is 1. The topological polar surface area (TPSA) is 77.1 Å². The average Bonchev–Trinajstić information content (AvgIpc) is 2.82. The molecule has 6 nitrogen and oxygen atoms in total. The third kappa shape index (κ3) is 4.11. The van der Waals surface area contributed by atoms with Crippen molar-refractivity contribution in [2.45, 2.75) is 10.9 Å². The van der Waals surface area contributed by atoms with E-state index in [4.69, 9.17) is 19.7 Å². The van der Waals surface area contributed by atoms with E-state index in [2.05, 4.69) is 6.07 Å². The van der Waals surface area contributed by atoms with Gasteiger partial charge in [0.25, 0.3) is 5.56 Å². The summed E-state index contributed by atoms with van der Waals surface area (Å²) in [7, 11) is 3.13. The molecule has 0 atom stereocenters. The van der Waals surface area contributed by atoms with E-state index >= 15 is 0 Å². The van der Waals surface area contributed by atoms with Crippen molar-refractivity contribution < 1.29 is 9.47 Å². The van der Waals surface area contributed by atoms with Gasteiger partial charge in [-0.15, -0.1) is 0 Å². The molecule has 0 N–H and O–H groups in total. The number of hydrogen-bond donors (Lipinski definition) is 0. The van der Waals surface area contributed by atoms with E-state index in [0.29, 0.717) is 44.6 Å². The van der Waals surface area contributed by atoms with Gasteiger partial charge < -0.3 is 9.47 Å². The number of rotatable bonds is 6. The minimum absolute atomic E-state index is 0.189. The molecule has 0 bridgehead atoms. The van der Waals surface area contributed by atoms with Crippen LogP contribution in [0.15, 0.2) is 76.7 Å². The Morgan fingerprint density at radius 3 is 2.65 bits per heavy atom. The van der Waals surface area contributed by atoms with Gasteiger partial charge in [0.05, 0.1) is 42.4 Å². The fourth-order valence-electron chi connectivity index (χ4n) is 3.27. The summed E-state index contributed by atoms with van der Waals surface area (Å²) < 4.78 is 12.5.